The predicted molar refractivity (Wildman–Crippen MR) is 68.4 cm³/mol. The average Bonchev–Trinajstić information content (AvgIpc) is 2.30. The molecule has 18 heavy (non-hydrogen) atoms. The van der Waals surface area contributed by atoms with Gasteiger partial charge in [-0.15, -0.1) is 0 Å². The number of oxime groups is 1. The number of carbonyl (C=O) groups excluding carboxylic acids is 1. The van der Waals surface area contributed by atoms with Crippen molar-refractivity contribution in [3.63, 3.8) is 0 Å². The zero-order valence-electron chi connectivity index (χ0n) is 10.0. The van der Waals surface area contributed by atoms with Crippen LogP contribution in [0.1, 0.15) is 24.8 Å². The molecule has 94 valence electrons. The van der Waals surface area contributed by atoms with Crippen LogP contribution in [0, 0.1) is 0 Å². The molecule has 0 unspecified atom stereocenters. The van der Waals surface area contributed by atoms with Gasteiger partial charge in [0.05, 0.1) is 0 Å². The monoisotopic (exact) mass is 264 g/mol. The van der Waals surface area contributed by atoms with E-state index >= 15 is 0 Å². The van der Waals surface area contributed by atoms with Crippen LogP contribution in [0.4, 0.5) is 0 Å². The Morgan fingerprint density at radius 2 is 2.22 bits per heavy atom. The van der Waals surface area contributed by atoms with E-state index in [9.17, 15) is 4.79 Å². The Balaban J connectivity index is 1.96. The molecule has 0 N–H and O–H groups in total. The van der Waals surface area contributed by atoms with Gasteiger partial charge in [-0.05, 0) is 31.4 Å². The van der Waals surface area contributed by atoms with Crippen LogP contribution in [0.3, 0.4) is 0 Å². The highest BCUT2D eigenvalue weighted by Crippen LogP contribution is 2.39. The number of halogens is 1. The first kappa shape index (κ1) is 11.5. The second-order valence-electron chi connectivity index (χ2n) is 4.73. The van der Waals surface area contributed by atoms with E-state index in [4.69, 9.17) is 16.4 Å². The second kappa shape index (κ2) is 3.99. The number of carbonyl (C=O) groups is 1. The maximum Gasteiger partial charge on any atom is 0.275 e. The summed E-state index contributed by atoms with van der Waals surface area (Å²) in [5.74, 6) is 0.499. The Morgan fingerprint density at radius 1 is 1.44 bits per heavy atom. The summed E-state index contributed by atoms with van der Waals surface area (Å²) in [6.45, 7) is 0. The smallest absolute Gasteiger partial charge is 0.275 e. The topological polar surface area (TPSA) is 41.9 Å². The number of likely N-dealkylation sites (N-methyl/N-ethyl adjacent to an activating group) is 1. The van der Waals surface area contributed by atoms with Crippen molar-refractivity contribution in [2.45, 2.75) is 24.9 Å². The van der Waals surface area contributed by atoms with Crippen LogP contribution >= 0.6 is 11.6 Å². The minimum atomic E-state index is -0.698. The zero-order valence-corrected chi connectivity index (χ0v) is 10.8. The molecule has 1 saturated carbocycles. The minimum absolute atomic E-state index is 0.0151. The molecule has 0 radical (unpaired) electrons. The van der Waals surface area contributed by atoms with E-state index in [2.05, 4.69) is 5.16 Å². The molecule has 0 bridgehead atoms. The van der Waals surface area contributed by atoms with Gasteiger partial charge in [0.25, 0.3) is 5.91 Å². The van der Waals surface area contributed by atoms with E-state index in [-0.39, 0.29) is 5.91 Å². The van der Waals surface area contributed by atoms with E-state index in [1.165, 1.54) is 0 Å². The lowest BCUT2D eigenvalue weighted by Gasteiger charge is -2.43. The van der Waals surface area contributed by atoms with Crippen molar-refractivity contribution in [1.29, 1.82) is 0 Å². The molecule has 0 aromatic heterocycles. The third-order valence-electron chi connectivity index (χ3n) is 3.56. The van der Waals surface area contributed by atoms with Crippen molar-refractivity contribution >= 4 is 23.3 Å². The van der Waals surface area contributed by atoms with Crippen molar-refractivity contribution in [2.24, 2.45) is 5.16 Å². The molecule has 1 amide bonds. The summed E-state index contributed by atoms with van der Waals surface area (Å²) in [7, 11) is 1.73. The third kappa shape index (κ3) is 1.60. The molecule has 5 heteroatoms. The molecule has 0 saturated heterocycles. The molecule has 1 fully saturated rings. The first-order valence-corrected chi connectivity index (χ1v) is 6.30. The first-order chi connectivity index (χ1) is 8.62. The number of amides is 1. The lowest BCUT2D eigenvalue weighted by Crippen LogP contribution is -2.57. The van der Waals surface area contributed by atoms with Gasteiger partial charge >= 0.3 is 0 Å². The van der Waals surface area contributed by atoms with Gasteiger partial charge in [-0.1, -0.05) is 28.9 Å². The Bertz CT molecular complexity index is 538. The molecular formula is C13H13ClN2O2. The number of hydrogen-bond donors (Lipinski definition) is 0. The lowest BCUT2D eigenvalue weighted by molar-refractivity contribution is -0.171. The Kier molecular flexibility index (Phi) is 2.55. The van der Waals surface area contributed by atoms with Crippen molar-refractivity contribution in [1.82, 2.24) is 4.90 Å². The van der Waals surface area contributed by atoms with Gasteiger partial charge in [-0.25, -0.2) is 0 Å². The van der Waals surface area contributed by atoms with Crippen molar-refractivity contribution in [2.75, 3.05) is 7.05 Å². The molecule has 1 spiro atoms. The van der Waals surface area contributed by atoms with Crippen LogP contribution in [-0.4, -0.2) is 29.3 Å². The van der Waals surface area contributed by atoms with Crippen LogP contribution in [0.15, 0.2) is 29.4 Å². The van der Waals surface area contributed by atoms with E-state index in [0.717, 1.165) is 24.8 Å². The number of hydrogen-bond acceptors (Lipinski definition) is 3. The maximum atomic E-state index is 12.3. The molecule has 0 atom stereocenters. The largest absolute Gasteiger partial charge is 0.377 e. The minimum Gasteiger partial charge on any atom is -0.377 e. The van der Waals surface area contributed by atoms with E-state index in [1.807, 2.05) is 12.1 Å². The summed E-state index contributed by atoms with van der Waals surface area (Å²) < 4.78 is 0. The van der Waals surface area contributed by atoms with Gasteiger partial charge in [0.2, 0.25) is 5.60 Å². The average molecular weight is 265 g/mol. The molecule has 1 aromatic rings. The fraction of sp³-hybridized carbons (Fsp3) is 0.385. The zero-order chi connectivity index (χ0) is 12.8. The van der Waals surface area contributed by atoms with Crippen LogP contribution in [0.25, 0.3) is 0 Å². The summed E-state index contributed by atoms with van der Waals surface area (Å²) in [6.07, 6.45) is 2.52. The summed E-state index contributed by atoms with van der Waals surface area (Å²) in [6, 6.07) is 7.24. The fourth-order valence-electron chi connectivity index (χ4n) is 2.31. The van der Waals surface area contributed by atoms with Crippen molar-refractivity contribution < 1.29 is 9.63 Å². The van der Waals surface area contributed by atoms with E-state index < -0.39 is 5.60 Å². The molecule has 3 rings (SSSR count). The van der Waals surface area contributed by atoms with Crippen molar-refractivity contribution in [3.8, 4) is 0 Å². The van der Waals surface area contributed by atoms with Gasteiger partial charge in [0.1, 0.15) is 0 Å². The standard InChI is InChI=1S/C13H13ClN2O2/c1-16-11(9-4-2-5-10(14)8-9)15-18-13(12(16)17)6-3-7-13/h2,4-5,8H,3,6-7H2,1H3. The molecule has 1 aliphatic carbocycles. The van der Waals surface area contributed by atoms with Crippen LogP contribution in [-0.2, 0) is 9.63 Å². The number of amidine groups is 1. The molecule has 1 heterocycles. The van der Waals surface area contributed by atoms with Crippen molar-refractivity contribution in [3.05, 3.63) is 34.9 Å². The number of nitrogens with zero attached hydrogens (tertiary/aromatic N) is 2. The molecular weight excluding hydrogens is 252 g/mol. The third-order valence-corrected chi connectivity index (χ3v) is 3.80. The predicted octanol–water partition coefficient (Wildman–Crippen LogP) is 2.41. The quantitative estimate of drug-likeness (QED) is 0.782. The SMILES string of the molecule is CN1C(=O)C2(CCC2)ON=C1c1cccc(Cl)c1. The molecule has 2 aliphatic rings. The van der Waals surface area contributed by atoms with E-state index in [0.29, 0.717) is 10.9 Å². The van der Waals surface area contributed by atoms with E-state index in [1.54, 1.807) is 24.1 Å². The lowest BCUT2D eigenvalue weighted by atomic mass is 9.78. The van der Waals surface area contributed by atoms with Gasteiger partial charge in [-0.3, -0.25) is 9.69 Å². The highest BCUT2D eigenvalue weighted by molar-refractivity contribution is 6.31. The summed E-state index contributed by atoms with van der Waals surface area (Å²) in [4.78, 5) is 19.3. The fourth-order valence-corrected chi connectivity index (χ4v) is 2.50. The highest BCUT2D eigenvalue weighted by Gasteiger charge is 2.52. The Hall–Kier alpha value is -1.55. The van der Waals surface area contributed by atoms with Gasteiger partial charge in [0, 0.05) is 17.6 Å². The van der Waals surface area contributed by atoms with Gasteiger partial charge < -0.3 is 4.84 Å². The van der Waals surface area contributed by atoms with Gasteiger partial charge in [0.15, 0.2) is 5.84 Å². The normalized spacial score (nSPS) is 21.3. The summed E-state index contributed by atoms with van der Waals surface area (Å²) in [5.41, 5.74) is 0.0871. The molecule has 4 nitrogen and oxygen atoms in total. The summed E-state index contributed by atoms with van der Waals surface area (Å²) in [5, 5.41) is 4.72. The number of benzene rings is 1. The number of rotatable bonds is 1. The van der Waals surface area contributed by atoms with Gasteiger partial charge in [-0.2, -0.15) is 0 Å². The highest BCUT2D eigenvalue weighted by atomic mass is 35.5. The first-order valence-electron chi connectivity index (χ1n) is 5.93. The summed E-state index contributed by atoms with van der Waals surface area (Å²) >= 11 is 5.94. The molecule has 1 aromatic carbocycles. The Morgan fingerprint density at radius 3 is 2.83 bits per heavy atom. The van der Waals surface area contributed by atoms with Crippen LogP contribution in [0.2, 0.25) is 5.02 Å². The second-order valence-corrected chi connectivity index (χ2v) is 5.16. The molecule has 1 aliphatic heterocycles. The van der Waals surface area contributed by atoms with Crippen LogP contribution in [0.5, 0.6) is 0 Å². The van der Waals surface area contributed by atoms with Crippen LogP contribution < -0.4 is 0 Å². The maximum absolute atomic E-state index is 12.3. The Labute approximate surface area is 110 Å².